The lowest BCUT2D eigenvalue weighted by molar-refractivity contribution is -0.126. The maximum atomic E-state index is 12.2. The van der Waals surface area contributed by atoms with Crippen LogP contribution in [0.1, 0.15) is 25.3 Å². The monoisotopic (exact) mass is 262 g/mol. The molecule has 1 aliphatic heterocycles. The van der Waals surface area contributed by atoms with Gasteiger partial charge in [0.05, 0.1) is 12.6 Å². The van der Waals surface area contributed by atoms with Crippen LogP contribution >= 0.6 is 0 Å². The first-order valence-electron chi connectivity index (χ1n) is 6.90. The number of benzene rings is 1. The lowest BCUT2D eigenvalue weighted by atomic mass is 10.1. The summed E-state index contributed by atoms with van der Waals surface area (Å²) in [6, 6.07) is 9.98. The van der Waals surface area contributed by atoms with Gasteiger partial charge in [-0.15, -0.1) is 0 Å². The fourth-order valence-electron chi connectivity index (χ4n) is 2.51. The van der Waals surface area contributed by atoms with E-state index >= 15 is 0 Å². The van der Waals surface area contributed by atoms with Gasteiger partial charge in [0.15, 0.2) is 0 Å². The highest BCUT2D eigenvalue weighted by atomic mass is 16.3. The van der Waals surface area contributed by atoms with Gasteiger partial charge >= 0.3 is 0 Å². The van der Waals surface area contributed by atoms with Crippen molar-refractivity contribution in [2.24, 2.45) is 0 Å². The molecule has 1 aromatic rings. The number of nitrogens with zero attached hydrogens (tertiary/aromatic N) is 1. The summed E-state index contributed by atoms with van der Waals surface area (Å²) in [4.78, 5) is 14.4. The summed E-state index contributed by atoms with van der Waals surface area (Å²) in [7, 11) is 0. The van der Waals surface area contributed by atoms with Crippen molar-refractivity contribution in [2.45, 2.75) is 38.4 Å². The Kier molecular flexibility index (Phi) is 4.93. The van der Waals surface area contributed by atoms with Crippen molar-refractivity contribution in [3.05, 3.63) is 35.9 Å². The molecule has 19 heavy (non-hydrogen) atoms. The van der Waals surface area contributed by atoms with Crippen molar-refractivity contribution >= 4 is 5.91 Å². The minimum absolute atomic E-state index is 0.0167. The topological polar surface area (TPSA) is 52.6 Å². The van der Waals surface area contributed by atoms with Crippen LogP contribution in [-0.4, -0.2) is 41.1 Å². The standard InChI is InChI=1S/C15H22N2O2/c1-12(11-18)16-15(19)14-8-5-9-17(14)10-13-6-3-2-4-7-13/h2-4,6-7,12,14,18H,5,8-11H2,1H3,(H,16,19). The Bertz CT molecular complexity index is 408. The first-order chi connectivity index (χ1) is 9.20. The fourth-order valence-corrected chi connectivity index (χ4v) is 2.51. The minimum atomic E-state index is -0.174. The van der Waals surface area contributed by atoms with Gasteiger partial charge in [0, 0.05) is 12.6 Å². The lowest BCUT2D eigenvalue weighted by Crippen LogP contribution is -2.46. The number of likely N-dealkylation sites (tertiary alicyclic amines) is 1. The maximum absolute atomic E-state index is 12.2. The third-order valence-electron chi connectivity index (χ3n) is 3.56. The van der Waals surface area contributed by atoms with E-state index in [2.05, 4.69) is 22.3 Å². The molecular formula is C15H22N2O2. The molecule has 2 unspecified atom stereocenters. The van der Waals surface area contributed by atoms with Gasteiger partial charge in [-0.2, -0.15) is 0 Å². The predicted octanol–water partition coefficient (Wildman–Crippen LogP) is 1.15. The number of aliphatic hydroxyl groups excluding tert-OH is 1. The van der Waals surface area contributed by atoms with Gasteiger partial charge in [0.1, 0.15) is 0 Å². The summed E-state index contributed by atoms with van der Waals surface area (Å²) in [5, 5.41) is 11.9. The number of carbonyl (C=O) groups is 1. The molecule has 1 amide bonds. The largest absolute Gasteiger partial charge is 0.394 e. The lowest BCUT2D eigenvalue weighted by Gasteiger charge is -2.25. The number of nitrogens with one attached hydrogen (secondary N) is 1. The molecule has 2 atom stereocenters. The zero-order chi connectivity index (χ0) is 13.7. The molecule has 4 heteroatoms. The summed E-state index contributed by atoms with van der Waals surface area (Å²) in [6.07, 6.45) is 1.95. The molecule has 2 N–H and O–H groups in total. The number of hydrogen-bond acceptors (Lipinski definition) is 3. The molecule has 104 valence electrons. The fraction of sp³-hybridized carbons (Fsp3) is 0.533. The van der Waals surface area contributed by atoms with E-state index in [0.29, 0.717) is 0 Å². The predicted molar refractivity (Wildman–Crippen MR) is 74.6 cm³/mol. The van der Waals surface area contributed by atoms with Crippen LogP contribution in [0.25, 0.3) is 0 Å². The Morgan fingerprint density at radius 2 is 2.21 bits per heavy atom. The number of rotatable bonds is 5. The van der Waals surface area contributed by atoms with Crippen LogP contribution in [0.15, 0.2) is 30.3 Å². The van der Waals surface area contributed by atoms with Crippen LogP contribution in [-0.2, 0) is 11.3 Å². The van der Waals surface area contributed by atoms with Gasteiger partial charge in [-0.3, -0.25) is 9.69 Å². The molecule has 0 bridgehead atoms. The second-order valence-corrected chi connectivity index (χ2v) is 5.21. The zero-order valence-corrected chi connectivity index (χ0v) is 11.4. The smallest absolute Gasteiger partial charge is 0.237 e. The summed E-state index contributed by atoms with van der Waals surface area (Å²) in [6.45, 7) is 3.57. The summed E-state index contributed by atoms with van der Waals surface area (Å²) in [5.41, 5.74) is 1.23. The van der Waals surface area contributed by atoms with E-state index in [1.54, 1.807) is 0 Å². The van der Waals surface area contributed by atoms with Crippen molar-refractivity contribution in [3.8, 4) is 0 Å². The molecule has 1 aliphatic rings. The number of amides is 1. The molecule has 1 fully saturated rings. The van der Waals surface area contributed by atoms with Gasteiger partial charge < -0.3 is 10.4 Å². The molecule has 0 radical (unpaired) electrons. The highest BCUT2D eigenvalue weighted by Crippen LogP contribution is 2.20. The van der Waals surface area contributed by atoms with Crippen molar-refractivity contribution < 1.29 is 9.90 Å². The zero-order valence-electron chi connectivity index (χ0n) is 11.4. The molecule has 0 saturated carbocycles. The Morgan fingerprint density at radius 3 is 2.89 bits per heavy atom. The number of carbonyl (C=O) groups excluding carboxylic acids is 1. The van der Waals surface area contributed by atoms with E-state index in [-0.39, 0.29) is 24.6 Å². The average molecular weight is 262 g/mol. The van der Waals surface area contributed by atoms with E-state index in [1.165, 1.54) is 5.56 Å². The van der Waals surface area contributed by atoms with Crippen molar-refractivity contribution in [3.63, 3.8) is 0 Å². The molecule has 1 heterocycles. The normalized spacial score (nSPS) is 21.3. The van der Waals surface area contributed by atoms with Crippen LogP contribution in [0.3, 0.4) is 0 Å². The van der Waals surface area contributed by atoms with Crippen LogP contribution in [0.2, 0.25) is 0 Å². The Labute approximate surface area is 114 Å². The van der Waals surface area contributed by atoms with E-state index in [9.17, 15) is 4.79 Å². The van der Waals surface area contributed by atoms with Crippen LogP contribution < -0.4 is 5.32 Å². The molecule has 0 spiro atoms. The Balaban J connectivity index is 1.95. The maximum Gasteiger partial charge on any atom is 0.237 e. The first kappa shape index (κ1) is 14.0. The minimum Gasteiger partial charge on any atom is -0.394 e. The Morgan fingerprint density at radius 1 is 1.47 bits per heavy atom. The van der Waals surface area contributed by atoms with Crippen LogP contribution in [0, 0.1) is 0 Å². The summed E-state index contributed by atoms with van der Waals surface area (Å²) >= 11 is 0. The molecule has 1 saturated heterocycles. The van der Waals surface area contributed by atoms with Crippen LogP contribution in [0.5, 0.6) is 0 Å². The van der Waals surface area contributed by atoms with Gasteiger partial charge in [-0.1, -0.05) is 30.3 Å². The third-order valence-corrected chi connectivity index (χ3v) is 3.56. The molecule has 4 nitrogen and oxygen atoms in total. The number of hydrogen-bond donors (Lipinski definition) is 2. The highest BCUT2D eigenvalue weighted by molar-refractivity contribution is 5.82. The van der Waals surface area contributed by atoms with E-state index in [1.807, 2.05) is 25.1 Å². The van der Waals surface area contributed by atoms with Crippen LogP contribution in [0.4, 0.5) is 0 Å². The molecule has 1 aromatic carbocycles. The quantitative estimate of drug-likeness (QED) is 0.837. The first-order valence-corrected chi connectivity index (χ1v) is 6.90. The summed E-state index contributed by atoms with van der Waals surface area (Å²) in [5.74, 6) is 0.0370. The summed E-state index contributed by atoms with van der Waals surface area (Å²) < 4.78 is 0. The second-order valence-electron chi connectivity index (χ2n) is 5.21. The van der Waals surface area contributed by atoms with Crippen molar-refractivity contribution in [2.75, 3.05) is 13.2 Å². The van der Waals surface area contributed by atoms with E-state index in [4.69, 9.17) is 5.11 Å². The third kappa shape index (κ3) is 3.78. The molecule has 2 rings (SSSR count). The molecule has 0 aliphatic carbocycles. The van der Waals surface area contributed by atoms with E-state index in [0.717, 1.165) is 25.9 Å². The van der Waals surface area contributed by atoms with Crippen molar-refractivity contribution in [1.82, 2.24) is 10.2 Å². The Hall–Kier alpha value is -1.39. The van der Waals surface area contributed by atoms with E-state index < -0.39 is 0 Å². The SMILES string of the molecule is CC(CO)NC(=O)C1CCCN1Cc1ccccc1. The van der Waals surface area contributed by atoms with Gasteiger partial charge in [-0.25, -0.2) is 0 Å². The second kappa shape index (κ2) is 6.68. The van der Waals surface area contributed by atoms with Gasteiger partial charge in [0.2, 0.25) is 5.91 Å². The van der Waals surface area contributed by atoms with Crippen molar-refractivity contribution in [1.29, 1.82) is 0 Å². The number of aliphatic hydroxyl groups is 1. The average Bonchev–Trinajstić information content (AvgIpc) is 2.88. The molecule has 0 aromatic heterocycles. The van der Waals surface area contributed by atoms with Gasteiger partial charge in [0.25, 0.3) is 0 Å². The molecular weight excluding hydrogens is 240 g/mol. The van der Waals surface area contributed by atoms with Gasteiger partial charge in [-0.05, 0) is 31.9 Å². The highest BCUT2D eigenvalue weighted by Gasteiger charge is 2.30.